The highest BCUT2D eigenvalue weighted by Crippen LogP contribution is 2.24. The van der Waals surface area contributed by atoms with E-state index in [-0.39, 0.29) is 6.42 Å². The molecule has 1 atom stereocenters. The normalized spacial score (nSPS) is 19.3. The van der Waals surface area contributed by atoms with Gasteiger partial charge in [0.25, 0.3) is 0 Å². The third-order valence-electron chi connectivity index (χ3n) is 2.22. The Morgan fingerprint density at radius 1 is 1.53 bits per heavy atom. The number of carboxylic acids is 1. The summed E-state index contributed by atoms with van der Waals surface area (Å²) in [6.07, 6.45) is -0.838. The topological polar surface area (TPSA) is 63.6 Å². The van der Waals surface area contributed by atoms with Crippen LogP contribution in [0.25, 0.3) is 0 Å². The van der Waals surface area contributed by atoms with Crippen molar-refractivity contribution in [1.82, 2.24) is 0 Å². The molecule has 4 nitrogen and oxygen atoms in total. The first-order valence-corrected chi connectivity index (χ1v) is 5.09. The highest BCUT2D eigenvalue weighted by Gasteiger charge is 2.30. The van der Waals surface area contributed by atoms with Gasteiger partial charge in [-0.1, -0.05) is 22.0 Å². The largest absolute Gasteiger partial charge is 0.478 e. The van der Waals surface area contributed by atoms with Crippen molar-refractivity contribution in [1.29, 1.82) is 0 Å². The molecule has 1 aliphatic heterocycles. The number of carboxylic acid groups (broad SMARTS) is 1. The van der Waals surface area contributed by atoms with Crippen LogP contribution in [0.5, 0.6) is 0 Å². The first kappa shape index (κ1) is 10.2. The number of benzene rings is 1. The molecule has 78 valence electrons. The molecule has 0 radical (unpaired) electrons. The molecule has 0 saturated carbocycles. The first-order valence-electron chi connectivity index (χ1n) is 4.30. The Kier molecular flexibility index (Phi) is 2.48. The minimum atomic E-state index is -1.11. The molecule has 0 aromatic heterocycles. The Morgan fingerprint density at radius 3 is 2.93 bits per heavy atom. The molecule has 0 bridgehead atoms. The second-order valence-corrected chi connectivity index (χ2v) is 4.15. The molecular weight excluding hydrogens is 264 g/mol. The number of hydrogen-bond acceptors (Lipinski definition) is 3. The highest BCUT2D eigenvalue weighted by atomic mass is 79.9. The number of carbonyl (C=O) groups excluding carboxylic acids is 1. The monoisotopic (exact) mass is 270 g/mol. The summed E-state index contributed by atoms with van der Waals surface area (Å²) >= 11 is 3.24. The second kappa shape index (κ2) is 3.66. The van der Waals surface area contributed by atoms with Crippen LogP contribution in [0.15, 0.2) is 22.7 Å². The molecule has 0 unspecified atom stereocenters. The van der Waals surface area contributed by atoms with Crippen LogP contribution in [0, 0.1) is 0 Å². The summed E-state index contributed by atoms with van der Waals surface area (Å²) in [4.78, 5) is 22.1. The lowest BCUT2D eigenvalue weighted by atomic mass is 9.99. The summed E-state index contributed by atoms with van der Waals surface area (Å²) in [5.74, 6) is -1.69. The Bertz CT molecular complexity index is 441. The van der Waals surface area contributed by atoms with E-state index in [1.165, 1.54) is 0 Å². The van der Waals surface area contributed by atoms with Gasteiger partial charge in [0.05, 0.1) is 5.56 Å². The number of carbonyl (C=O) groups is 2. The van der Waals surface area contributed by atoms with E-state index in [4.69, 9.17) is 9.84 Å². The van der Waals surface area contributed by atoms with E-state index < -0.39 is 18.0 Å². The molecule has 0 amide bonds. The van der Waals surface area contributed by atoms with Crippen molar-refractivity contribution in [3.63, 3.8) is 0 Å². The quantitative estimate of drug-likeness (QED) is 0.788. The standard InChI is InChI=1S/C10H7BrO4/c11-6-2-1-5-3-8(9(12)13)15-10(14)7(5)4-6/h1-2,4,8H,3H2,(H,12,13)/t8-/m1/s1. The summed E-state index contributed by atoms with van der Waals surface area (Å²) < 4.78 is 5.54. The lowest BCUT2D eigenvalue weighted by Crippen LogP contribution is -2.34. The molecule has 1 aromatic carbocycles. The Labute approximate surface area is 94.0 Å². The molecule has 2 rings (SSSR count). The van der Waals surface area contributed by atoms with Gasteiger partial charge in [0.1, 0.15) is 0 Å². The maximum absolute atomic E-state index is 11.4. The lowest BCUT2D eigenvalue weighted by Gasteiger charge is -2.21. The zero-order chi connectivity index (χ0) is 11.0. The van der Waals surface area contributed by atoms with Crippen molar-refractivity contribution < 1.29 is 19.4 Å². The number of hydrogen-bond donors (Lipinski definition) is 1. The van der Waals surface area contributed by atoms with Crippen LogP contribution in [0.4, 0.5) is 0 Å². The van der Waals surface area contributed by atoms with Crippen molar-refractivity contribution in [3.05, 3.63) is 33.8 Å². The van der Waals surface area contributed by atoms with E-state index >= 15 is 0 Å². The van der Waals surface area contributed by atoms with Gasteiger partial charge in [-0.05, 0) is 17.7 Å². The Hall–Kier alpha value is -1.36. The molecule has 0 fully saturated rings. The van der Waals surface area contributed by atoms with Gasteiger partial charge < -0.3 is 9.84 Å². The van der Waals surface area contributed by atoms with E-state index in [1.54, 1.807) is 18.2 Å². The number of rotatable bonds is 1. The van der Waals surface area contributed by atoms with E-state index in [0.29, 0.717) is 11.1 Å². The van der Waals surface area contributed by atoms with E-state index in [1.807, 2.05) is 0 Å². The van der Waals surface area contributed by atoms with Crippen LogP contribution in [0.3, 0.4) is 0 Å². The molecule has 0 spiro atoms. The predicted molar refractivity (Wildman–Crippen MR) is 54.7 cm³/mol. The third-order valence-corrected chi connectivity index (χ3v) is 2.72. The minimum absolute atomic E-state index is 0.226. The first-order chi connectivity index (χ1) is 7.08. The molecule has 5 heteroatoms. The predicted octanol–water partition coefficient (Wildman–Crippen LogP) is 1.62. The van der Waals surface area contributed by atoms with Crippen molar-refractivity contribution >= 4 is 27.9 Å². The van der Waals surface area contributed by atoms with Crippen molar-refractivity contribution in [2.45, 2.75) is 12.5 Å². The molecule has 0 saturated heterocycles. The van der Waals surface area contributed by atoms with Crippen molar-refractivity contribution in [2.24, 2.45) is 0 Å². The number of ether oxygens (including phenoxy) is 1. The summed E-state index contributed by atoms with van der Waals surface area (Å²) in [6.45, 7) is 0. The van der Waals surface area contributed by atoms with Gasteiger partial charge >= 0.3 is 11.9 Å². The van der Waals surface area contributed by atoms with E-state index in [9.17, 15) is 9.59 Å². The van der Waals surface area contributed by atoms with Crippen LogP contribution >= 0.6 is 15.9 Å². The van der Waals surface area contributed by atoms with Gasteiger partial charge in [0.2, 0.25) is 6.10 Å². The fraction of sp³-hybridized carbons (Fsp3) is 0.200. The average Bonchev–Trinajstić information content (AvgIpc) is 2.18. The zero-order valence-electron chi connectivity index (χ0n) is 7.57. The van der Waals surface area contributed by atoms with Gasteiger partial charge in [0.15, 0.2) is 0 Å². The molecule has 1 aliphatic rings. The Morgan fingerprint density at radius 2 is 2.27 bits per heavy atom. The fourth-order valence-electron chi connectivity index (χ4n) is 1.49. The summed E-state index contributed by atoms with van der Waals surface area (Å²) in [6, 6.07) is 5.14. The number of cyclic esters (lactones) is 1. The lowest BCUT2D eigenvalue weighted by molar-refractivity contribution is -0.147. The molecule has 1 aromatic rings. The molecule has 0 aliphatic carbocycles. The molecule has 15 heavy (non-hydrogen) atoms. The van der Waals surface area contributed by atoms with Crippen molar-refractivity contribution in [2.75, 3.05) is 0 Å². The van der Waals surface area contributed by atoms with E-state index in [2.05, 4.69) is 15.9 Å². The fourth-order valence-corrected chi connectivity index (χ4v) is 1.85. The third kappa shape index (κ3) is 1.87. The molecular formula is C10H7BrO4. The minimum Gasteiger partial charge on any atom is -0.478 e. The number of esters is 1. The van der Waals surface area contributed by atoms with Gasteiger partial charge in [-0.25, -0.2) is 9.59 Å². The van der Waals surface area contributed by atoms with Crippen LogP contribution in [0.2, 0.25) is 0 Å². The molecule has 1 N–H and O–H groups in total. The van der Waals surface area contributed by atoms with Gasteiger partial charge in [-0.2, -0.15) is 0 Å². The summed E-state index contributed by atoms with van der Waals surface area (Å²) in [5.41, 5.74) is 1.14. The number of fused-ring (bicyclic) bond motifs is 1. The van der Waals surface area contributed by atoms with Crippen LogP contribution in [-0.2, 0) is 16.0 Å². The van der Waals surface area contributed by atoms with Crippen LogP contribution in [0.1, 0.15) is 15.9 Å². The average molecular weight is 271 g/mol. The smallest absolute Gasteiger partial charge is 0.345 e. The SMILES string of the molecule is O=C1O[C@@H](C(=O)O)Cc2ccc(Br)cc21. The van der Waals surface area contributed by atoms with Gasteiger partial charge in [-0.15, -0.1) is 0 Å². The number of aliphatic carboxylic acids is 1. The second-order valence-electron chi connectivity index (χ2n) is 3.24. The van der Waals surface area contributed by atoms with Crippen LogP contribution < -0.4 is 0 Å². The van der Waals surface area contributed by atoms with Gasteiger partial charge in [0, 0.05) is 10.9 Å². The molecule has 1 heterocycles. The maximum Gasteiger partial charge on any atom is 0.345 e. The van der Waals surface area contributed by atoms with Crippen molar-refractivity contribution in [3.8, 4) is 0 Å². The van der Waals surface area contributed by atoms with Crippen LogP contribution in [-0.4, -0.2) is 23.1 Å². The van der Waals surface area contributed by atoms with Gasteiger partial charge in [-0.3, -0.25) is 0 Å². The summed E-state index contributed by atoms with van der Waals surface area (Å²) in [5, 5.41) is 8.75. The maximum atomic E-state index is 11.4. The zero-order valence-corrected chi connectivity index (χ0v) is 9.15. The highest BCUT2D eigenvalue weighted by molar-refractivity contribution is 9.10. The Balaban J connectivity index is 2.41. The van der Waals surface area contributed by atoms with E-state index in [0.717, 1.165) is 4.47 Å². The summed E-state index contributed by atoms with van der Waals surface area (Å²) in [7, 11) is 0. The number of halogens is 1.